The predicted octanol–water partition coefficient (Wildman–Crippen LogP) is 7.44. The molecule has 182 valence electrons. The van der Waals surface area contributed by atoms with Crippen LogP contribution in [0.3, 0.4) is 0 Å². The zero-order valence-electron chi connectivity index (χ0n) is 21.2. The number of aliphatic imine (C=N–C) groups is 1. The van der Waals surface area contributed by atoms with E-state index in [1.54, 1.807) is 20.2 Å². The minimum Gasteiger partial charge on any atom is -0.497 e. The zero-order valence-corrected chi connectivity index (χ0v) is 22.0. The van der Waals surface area contributed by atoms with Gasteiger partial charge >= 0.3 is 0 Å². The molecule has 0 unspecified atom stereocenters. The second kappa shape index (κ2) is 13.9. The van der Waals surface area contributed by atoms with Crippen molar-refractivity contribution in [3.63, 3.8) is 0 Å². The van der Waals surface area contributed by atoms with Gasteiger partial charge < -0.3 is 10.1 Å². The summed E-state index contributed by atoms with van der Waals surface area (Å²) in [5.74, 6) is 0.700. The molecule has 35 heavy (non-hydrogen) atoms. The summed E-state index contributed by atoms with van der Waals surface area (Å²) in [6.45, 7) is 7.52. The highest BCUT2D eigenvalue weighted by molar-refractivity contribution is 6.33. The van der Waals surface area contributed by atoms with E-state index in [1.165, 1.54) is 6.92 Å². The summed E-state index contributed by atoms with van der Waals surface area (Å²) in [4.78, 5) is 16.6. The second-order valence-electron chi connectivity index (χ2n) is 7.47. The standard InChI is InChI=1S/C28H27ClN2O2.C2H6/c1-19(32)18-26(21-12-16-25(33-4)17-13-21)31-20(2)27(22-8-6-5-7-9-22)28(30-3)23-10-14-24(29)15-11-23;1-2/h5-18,31H,1-4H3;1-2H3/b26-18-,27-20+,30-28?;. The van der Waals surface area contributed by atoms with Crippen LogP contribution in [0, 0.1) is 0 Å². The van der Waals surface area contributed by atoms with E-state index in [4.69, 9.17) is 16.3 Å². The molecule has 0 radical (unpaired) electrons. The maximum absolute atomic E-state index is 12.0. The van der Waals surface area contributed by atoms with Crippen LogP contribution in [-0.4, -0.2) is 25.7 Å². The van der Waals surface area contributed by atoms with Crippen molar-refractivity contribution in [3.05, 3.63) is 112 Å². The highest BCUT2D eigenvalue weighted by Crippen LogP contribution is 2.26. The number of nitrogens with zero attached hydrogens (tertiary/aromatic N) is 1. The summed E-state index contributed by atoms with van der Waals surface area (Å²) < 4.78 is 5.27. The van der Waals surface area contributed by atoms with Crippen LogP contribution in [0.2, 0.25) is 5.02 Å². The lowest BCUT2D eigenvalue weighted by atomic mass is 9.94. The molecule has 1 N–H and O–H groups in total. The highest BCUT2D eigenvalue weighted by Gasteiger charge is 2.16. The van der Waals surface area contributed by atoms with Crippen LogP contribution in [0.1, 0.15) is 44.4 Å². The molecule has 0 saturated carbocycles. The Hall–Kier alpha value is -3.63. The van der Waals surface area contributed by atoms with E-state index in [2.05, 4.69) is 10.3 Å². The minimum absolute atomic E-state index is 0.0514. The maximum Gasteiger partial charge on any atom is 0.154 e. The average molecular weight is 489 g/mol. The van der Waals surface area contributed by atoms with E-state index in [-0.39, 0.29) is 5.78 Å². The SMILES string of the molecule is CC.CN=C(/C(=C(\C)N/C(=C\C(C)=O)c1ccc(OC)cc1)c1ccccc1)c1ccc(Cl)cc1. The molecule has 5 heteroatoms. The second-order valence-corrected chi connectivity index (χ2v) is 7.90. The maximum atomic E-state index is 12.0. The number of benzene rings is 3. The van der Waals surface area contributed by atoms with Crippen molar-refractivity contribution in [2.24, 2.45) is 4.99 Å². The van der Waals surface area contributed by atoms with Gasteiger partial charge in [-0.25, -0.2) is 0 Å². The van der Waals surface area contributed by atoms with Gasteiger partial charge in [0.1, 0.15) is 5.75 Å². The molecular formula is C30H33ClN2O2. The number of hydrogen-bond acceptors (Lipinski definition) is 4. The van der Waals surface area contributed by atoms with Gasteiger partial charge in [0.15, 0.2) is 5.78 Å². The molecule has 3 aromatic carbocycles. The van der Waals surface area contributed by atoms with Gasteiger partial charge in [0, 0.05) is 40.7 Å². The highest BCUT2D eigenvalue weighted by atomic mass is 35.5. The van der Waals surface area contributed by atoms with Crippen LogP contribution in [0.4, 0.5) is 0 Å². The summed E-state index contributed by atoms with van der Waals surface area (Å²) >= 11 is 6.11. The molecule has 0 aliphatic heterocycles. The monoisotopic (exact) mass is 488 g/mol. The lowest BCUT2D eigenvalue weighted by molar-refractivity contribution is -0.112. The molecular weight excluding hydrogens is 456 g/mol. The molecule has 3 aromatic rings. The van der Waals surface area contributed by atoms with Crippen molar-refractivity contribution in [2.45, 2.75) is 27.7 Å². The smallest absolute Gasteiger partial charge is 0.154 e. The van der Waals surface area contributed by atoms with Crippen LogP contribution in [0.5, 0.6) is 5.75 Å². The Bertz CT molecular complexity index is 1190. The number of methoxy groups -OCH3 is 1. The van der Waals surface area contributed by atoms with E-state index in [0.29, 0.717) is 10.7 Å². The Morgan fingerprint density at radius 2 is 1.43 bits per heavy atom. The number of ether oxygens (including phenoxy) is 1. The first-order valence-corrected chi connectivity index (χ1v) is 11.9. The van der Waals surface area contributed by atoms with Crippen molar-refractivity contribution in [1.82, 2.24) is 5.32 Å². The van der Waals surface area contributed by atoms with Crippen LogP contribution < -0.4 is 10.1 Å². The summed E-state index contributed by atoms with van der Waals surface area (Å²) in [7, 11) is 3.40. The molecule has 0 aromatic heterocycles. The number of nitrogens with one attached hydrogen (secondary N) is 1. The molecule has 0 saturated heterocycles. The lowest BCUT2D eigenvalue weighted by Gasteiger charge is -2.19. The molecule has 4 nitrogen and oxygen atoms in total. The molecule has 0 aliphatic carbocycles. The van der Waals surface area contributed by atoms with Gasteiger partial charge in [0.25, 0.3) is 0 Å². The number of carbonyl (C=O) groups is 1. The van der Waals surface area contributed by atoms with Gasteiger partial charge in [-0.1, -0.05) is 67.9 Å². The quantitative estimate of drug-likeness (QED) is 0.264. The fourth-order valence-corrected chi connectivity index (χ4v) is 3.68. The van der Waals surface area contributed by atoms with E-state index >= 15 is 0 Å². The summed E-state index contributed by atoms with van der Waals surface area (Å²) in [5, 5.41) is 4.14. The van der Waals surface area contributed by atoms with E-state index in [0.717, 1.165) is 39.4 Å². The first-order chi connectivity index (χ1) is 16.9. The van der Waals surface area contributed by atoms with Crippen molar-refractivity contribution in [1.29, 1.82) is 0 Å². The first kappa shape index (κ1) is 27.6. The van der Waals surface area contributed by atoms with Gasteiger partial charge in [-0.15, -0.1) is 0 Å². The number of hydrogen-bond donors (Lipinski definition) is 1. The number of carbonyl (C=O) groups excluding carboxylic acids is 1. The van der Waals surface area contributed by atoms with Gasteiger partial charge in [0.2, 0.25) is 0 Å². The van der Waals surface area contributed by atoms with Crippen LogP contribution in [0.25, 0.3) is 11.3 Å². The molecule has 0 bridgehead atoms. The zero-order chi connectivity index (χ0) is 25.8. The third kappa shape index (κ3) is 7.69. The Kier molecular flexibility index (Phi) is 11.0. The third-order valence-electron chi connectivity index (χ3n) is 5.09. The topological polar surface area (TPSA) is 50.7 Å². The van der Waals surface area contributed by atoms with Gasteiger partial charge in [0.05, 0.1) is 12.8 Å². The summed E-state index contributed by atoms with van der Waals surface area (Å²) in [6, 6.07) is 25.3. The molecule has 0 amide bonds. The molecule has 0 spiro atoms. The van der Waals surface area contributed by atoms with Gasteiger partial charge in [-0.2, -0.15) is 0 Å². The Morgan fingerprint density at radius 1 is 0.857 bits per heavy atom. The van der Waals surface area contributed by atoms with Crippen LogP contribution in [-0.2, 0) is 4.79 Å². The lowest BCUT2D eigenvalue weighted by Crippen LogP contribution is -2.17. The van der Waals surface area contributed by atoms with E-state index in [9.17, 15) is 4.79 Å². The van der Waals surface area contributed by atoms with Crippen molar-refractivity contribution < 1.29 is 9.53 Å². The van der Waals surface area contributed by atoms with Gasteiger partial charge in [-0.05, 0) is 61.4 Å². The molecule has 0 heterocycles. The molecule has 0 fully saturated rings. The van der Waals surface area contributed by atoms with Crippen LogP contribution >= 0.6 is 11.6 Å². The number of ketones is 1. The molecule has 3 rings (SSSR count). The fourth-order valence-electron chi connectivity index (χ4n) is 3.56. The normalized spacial score (nSPS) is 12.2. The molecule has 0 atom stereocenters. The van der Waals surface area contributed by atoms with E-state index in [1.807, 2.05) is 99.6 Å². The predicted molar refractivity (Wildman–Crippen MR) is 149 cm³/mol. The number of allylic oxidation sites excluding steroid dienone is 3. The molecule has 0 aliphatic rings. The van der Waals surface area contributed by atoms with Crippen molar-refractivity contribution in [3.8, 4) is 5.75 Å². The Labute approximate surface area is 214 Å². The van der Waals surface area contributed by atoms with Crippen molar-refractivity contribution >= 4 is 34.4 Å². The number of halogens is 1. The average Bonchev–Trinajstić information content (AvgIpc) is 2.89. The fraction of sp³-hybridized carbons (Fsp3) is 0.200. The number of rotatable bonds is 8. The Morgan fingerprint density at radius 3 is 1.94 bits per heavy atom. The largest absolute Gasteiger partial charge is 0.497 e. The van der Waals surface area contributed by atoms with Crippen LogP contribution in [0.15, 0.2) is 95.6 Å². The van der Waals surface area contributed by atoms with Gasteiger partial charge in [-0.3, -0.25) is 9.79 Å². The summed E-state index contributed by atoms with van der Waals surface area (Å²) in [5.41, 5.74) is 6.14. The Balaban J connectivity index is 0.00000210. The summed E-state index contributed by atoms with van der Waals surface area (Å²) in [6.07, 6.45) is 1.60. The minimum atomic E-state index is -0.0514. The first-order valence-electron chi connectivity index (χ1n) is 11.6. The third-order valence-corrected chi connectivity index (χ3v) is 5.34. The van der Waals surface area contributed by atoms with Crippen molar-refractivity contribution in [2.75, 3.05) is 14.2 Å². The van der Waals surface area contributed by atoms with E-state index < -0.39 is 0 Å².